The first kappa shape index (κ1) is 15.8. The summed E-state index contributed by atoms with van der Waals surface area (Å²) in [5.74, 6) is 0.813. The number of nitrogens with zero attached hydrogens (tertiary/aromatic N) is 1. The van der Waals surface area contributed by atoms with Gasteiger partial charge in [0.25, 0.3) is 0 Å². The van der Waals surface area contributed by atoms with Crippen LogP contribution in [0.15, 0.2) is 0 Å². The Kier molecular flexibility index (Phi) is 5.85. The Bertz CT molecular complexity index is 321. The van der Waals surface area contributed by atoms with Gasteiger partial charge >= 0.3 is 0 Å². The molecule has 0 bridgehead atoms. The first-order valence-corrected chi connectivity index (χ1v) is 8.37. The van der Waals surface area contributed by atoms with Gasteiger partial charge in [0.15, 0.2) is 0 Å². The first-order valence-electron chi connectivity index (χ1n) is 8.37. The molecule has 0 aromatic heterocycles. The van der Waals surface area contributed by atoms with E-state index in [1.165, 1.54) is 32.1 Å². The van der Waals surface area contributed by atoms with Gasteiger partial charge in [-0.3, -0.25) is 9.69 Å². The number of carbonyl (C=O) groups excluding carboxylic acids is 1. The largest absolute Gasteiger partial charge is 0.352 e. The van der Waals surface area contributed by atoms with Crippen molar-refractivity contribution in [3.05, 3.63) is 0 Å². The second-order valence-electron chi connectivity index (χ2n) is 6.78. The maximum atomic E-state index is 12.3. The minimum Gasteiger partial charge on any atom is -0.352 e. The topological polar surface area (TPSA) is 58.4 Å². The molecule has 1 saturated heterocycles. The van der Waals surface area contributed by atoms with Crippen LogP contribution in [0.4, 0.5) is 0 Å². The third-order valence-corrected chi connectivity index (χ3v) is 5.25. The van der Waals surface area contributed by atoms with Crippen LogP contribution >= 0.6 is 0 Å². The molecule has 3 N–H and O–H groups in total. The summed E-state index contributed by atoms with van der Waals surface area (Å²) in [5, 5.41) is 3.26. The lowest BCUT2D eigenvalue weighted by Crippen LogP contribution is -2.54. The fourth-order valence-electron chi connectivity index (χ4n) is 3.83. The minimum atomic E-state index is 0.191. The van der Waals surface area contributed by atoms with E-state index in [1.54, 1.807) is 0 Å². The van der Waals surface area contributed by atoms with Crippen molar-refractivity contribution in [1.82, 2.24) is 10.2 Å². The Balaban J connectivity index is 1.85. The van der Waals surface area contributed by atoms with Crippen LogP contribution in [0.5, 0.6) is 0 Å². The summed E-state index contributed by atoms with van der Waals surface area (Å²) < 4.78 is 0. The standard InChI is InChI=1S/C16H31N3O/c1-12-6-3-4-9-15(12)18-16(20)11-19-13(2)7-5-8-14(19)10-17/h12-15H,3-11,17H2,1-2H3,(H,18,20). The Morgan fingerprint density at radius 2 is 1.90 bits per heavy atom. The van der Waals surface area contributed by atoms with Crippen molar-refractivity contribution < 1.29 is 4.79 Å². The third kappa shape index (κ3) is 3.95. The molecule has 4 heteroatoms. The molecule has 0 radical (unpaired) electrons. The van der Waals surface area contributed by atoms with Crippen LogP contribution in [0.2, 0.25) is 0 Å². The highest BCUT2D eigenvalue weighted by Gasteiger charge is 2.30. The van der Waals surface area contributed by atoms with E-state index in [9.17, 15) is 4.79 Å². The second kappa shape index (κ2) is 7.41. The quantitative estimate of drug-likeness (QED) is 0.827. The predicted octanol–water partition coefficient (Wildman–Crippen LogP) is 1.88. The van der Waals surface area contributed by atoms with Crippen molar-refractivity contribution in [2.24, 2.45) is 11.7 Å². The highest BCUT2D eigenvalue weighted by Crippen LogP contribution is 2.24. The zero-order chi connectivity index (χ0) is 14.5. The molecule has 20 heavy (non-hydrogen) atoms. The summed E-state index contributed by atoms with van der Waals surface area (Å²) in [7, 11) is 0. The van der Waals surface area contributed by atoms with Gasteiger partial charge in [0.05, 0.1) is 6.54 Å². The summed E-state index contributed by atoms with van der Waals surface area (Å²) in [5.41, 5.74) is 5.86. The van der Waals surface area contributed by atoms with Gasteiger partial charge in [-0.05, 0) is 38.5 Å². The molecule has 0 aromatic carbocycles. The lowest BCUT2D eigenvalue weighted by Gasteiger charge is -2.40. The van der Waals surface area contributed by atoms with Crippen molar-refractivity contribution in [3.8, 4) is 0 Å². The minimum absolute atomic E-state index is 0.191. The van der Waals surface area contributed by atoms with E-state index in [0.29, 0.717) is 37.1 Å². The van der Waals surface area contributed by atoms with Gasteiger partial charge in [0.1, 0.15) is 0 Å². The Labute approximate surface area is 123 Å². The molecule has 2 aliphatic rings. The van der Waals surface area contributed by atoms with Crippen LogP contribution in [0, 0.1) is 5.92 Å². The highest BCUT2D eigenvalue weighted by molar-refractivity contribution is 5.78. The molecular formula is C16H31N3O. The molecule has 2 rings (SSSR count). The number of carbonyl (C=O) groups is 1. The van der Waals surface area contributed by atoms with Gasteiger partial charge in [0, 0.05) is 24.7 Å². The van der Waals surface area contributed by atoms with Crippen LogP contribution in [0.25, 0.3) is 0 Å². The summed E-state index contributed by atoms with van der Waals surface area (Å²) in [4.78, 5) is 14.7. The van der Waals surface area contributed by atoms with Crippen molar-refractivity contribution >= 4 is 5.91 Å². The molecule has 0 spiro atoms. The summed E-state index contributed by atoms with van der Waals surface area (Å²) in [6.45, 7) is 5.67. The fourth-order valence-corrected chi connectivity index (χ4v) is 3.83. The average Bonchev–Trinajstić information content (AvgIpc) is 2.43. The number of nitrogens with one attached hydrogen (secondary N) is 1. The van der Waals surface area contributed by atoms with Gasteiger partial charge in [-0.25, -0.2) is 0 Å². The van der Waals surface area contributed by atoms with Crippen molar-refractivity contribution in [3.63, 3.8) is 0 Å². The van der Waals surface area contributed by atoms with Crippen LogP contribution in [-0.4, -0.2) is 42.0 Å². The molecule has 1 heterocycles. The number of amides is 1. The first-order chi connectivity index (χ1) is 9.61. The third-order valence-electron chi connectivity index (χ3n) is 5.25. The molecule has 1 amide bonds. The molecule has 1 aliphatic carbocycles. The van der Waals surface area contributed by atoms with Crippen molar-refractivity contribution in [1.29, 1.82) is 0 Å². The van der Waals surface area contributed by atoms with E-state index in [0.717, 1.165) is 12.8 Å². The molecule has 4 unspecified atom stereocenters. The predicted molar refractivity (Wildman–Crippen MR) is 82.4 cm³/mol. The zero-order valence-corrected chi connectivity index (χ0v) is 13.1. The van der Waals surface area contributed by atoms with E-state index in [2.05, 4.69) is 24.1 Å². The van der Waals surface area contributed by atoms with E-state index < -0.39 is 0 Å². The van der Waals surface area contributed by atoms with Crippen molar-refractivity contribution in [2.45, 2.75) is 76.9 Å². The molecule has 0 aromatic rings. The zero-order valence-electron chi connectivity index (χ0n) is 13.1. The molecular weight excluding hydrogens is 250 g/mol. The summed E-state index contributed by atoms with van der Waals surface area (Å²) in [6.07, 6.45) is 8.50. The van der Waals surface area contributed by atoms with Gasteiger partial charge in [-0.15, -0.1) is 0 Å². The van der Waals surface area contributed by atoms with Crippen LogP contribution in [0.3, 0.4) is 0 Å². The Morgan fingerprint density at radius 1 is 1.15 bits per heavy atom. The number of hydrogen-bond acceptors (Lipinski definition) is 3. The maximum absolute atomic E-state index is 12.3. The normalized spacial score (nSPS) is 35.8. The Hall–Kier alpha value is -0.610. The molecule has 4 atom stereocenters. The van der Waals surface area contributed by atoms with E-state index in [1.807, 2.05) is 0 Å². The van der Waals surface area contributed by atoms with E-state index >= 15 is 0 Å². The van der Waals surface area contributed by atoms with Gasteiger partial charge in [-0.1, -0.05) is 26.2 Å². The van der Waals surface area contributed by atoms with Gasteiger partial charge in [-0.2, -0.15) is 0 Å². The van der Waals surface area contributed by atoms with Gasteiger partial charge < -0.3 is 11.1 Å². The number of piperidine rings is 1. The second-order valence-corrected chi connectivity index (χ2v) is 6.78. The van der Waals surface area contributed by atoms with Crippen LogP contribution in [-0.2, 0) is 4.79 Å². The summed E-state index contributed by atoms with van der Waals surface area (Å²) >= 11 is 0. The lowest BCUT2D eigenvalue weighted by molar-refractivity contribution is -0.125. The van der Waals surface area contributed by atoms with Crippen LogP contribution < -0.4 is 11.1 Å². The molecule has 4 nitrogen and oxygen atoms in total. The highest BCUT2D eigenvalue weighted by atomic mass is 16.2. The molecule has 1 saturated carbocycles. The van der Waals surface area contributed by atoms with E-state index in [4.69, 9.17) is 5.73 Å². The number of hydrogen-bond donors (Lipinski definition) is 2. The number of rotatable bonds is 4. The smallest absolute Gasteiger partial charge is 0.234 e. The fraction of sp³-hybridized carbons (Fsp3) is 0.938. The number of likely N-dealkylation sites (tertiary alicyclic amines) is 1. The lowest BCUT2D eigenvalue weighted by atomic mass is 9.86. The molecule has 116 valence electrons. The molecule has 2 fully saturated rings. The number of nitrogens with two attached hydrogens (primary N) is 1. The SMILES string of the molecule is CC1CCCCC1NC(=O)CN1C(C)CCCC1CN. The average molecular weight is 281 g/mol. The van der Waals surface area contributed by atoms with E-state index in [-0.39, 0.29) is 5.91 Å². The van der Waals surface area contributed by atoms with Gasteiger partial charge in [0.2, 0.25) is 5.91 Å². The monoisotopic (exact) mass is 281 g/mol. The summed E-state index contributed by atoms with van der Waals surface area (Å²) in [6, 6.07) is 1.24. The molecule has 1 aliphatic heterocycles. The van der Waals surface area contributed by atoms with Crippen molar-refractivity contribution in [2.75, 3.05) is 13.1 Å². The van der Waals surface area contributed by atoms with Crippen LogP contribution in [0.1, 0.15) is 58.8 Å². The Morgan fingerprint density at radius 3 is 2.60 bits per heavy atom. The maximum Gasteiger partial charge on any atom is 0.234 e.